The Hall–Kier alpha value is -0.0800. The lowest BCUT2D eigenvalue weighted by atomic mass is 10.2. The number of nitrogens with two attached hydrogens (primary N) is 1. The zero-order valence-corrected chi connectivity index (χ0v) is 8.14. The molecule has 0 bridgehead atoms. The summed E-state index contributed by atoms with van der Waals surface area (Å²) in [5, 5.41) is 0. The van der Waals surface area contributed by atoms with Gasteiger partial charge >= 0.3 is 0 Å². The van der Waals surface area contributed by atoms with Crippen molar-refractivity contribution in [2.45, 2.75) is 39.7 Å². The predicted octanol–water partition coefficient (Wildman–Crippen LogP) is 1.46. The van der Waals surface area contributed by atoms with Gasteiger partial charge in [0.25, 0.3) is 0 Å². The van der Waals surface area contributed by atoms with E-state index in [1.807, 2.05) is 0 Å². The maximum absolute atomic E-state index is 5.66. The Balaban J connectivity index is 3.35. The molecule has 0 radical (unpaired) electrons. The Morgan fingerprint density at radius 1 is 1.27 bits per heavy atom. The molecule has 2 nitrogen and oxygen atoms in total. The minimum atomic E-state index is 0.348. The molecule has 0 rings (SSSR count). The maximum atomic E-state index is 5.66. The fraction of sp³-hybridized carbons (Fsp3) is 1.00. The summed E-state index contributed by atoms with van der Waals surface area (Å²) < 4.78 is 0. The largest absolute Gasteiger partial charge is 0.328 e. The van der Waals surface area contributed by atoms with Crippen LogP contribution in [0.25, 0.3) is 0 Å². The zero-order chi connectivity index (χ0) is 8.69. The number of hydrogen-bond acceptors (Lipinski definition) is 2. The minimum Gasteiger partial charge on any atom is -0.328 e. The SMILES string of the molecule is CCCN(CC)CCC(C)N. The van der Waals surface area contributed by atoms with Crippen LogP contribution in [0.5, 0.6) is 0 Å². The van der Waals surface area contributed by atoms with Gasteiger partial charge in [-0.05, 0) is 39.4 Å². The third-order valence-corrected chi connectivity index (χ3v) is 1.89. The topological polar surface area (TPSA) is 29.3 Å². The van der Waals surface area contributed by atoms with E-state index in [0.29, 0.717) is 6.04 Å². The molecular weight excluding hydrogens is 136 g/mol. The average molecular weight is 158 g/mol. The van der Waals surface area contributed by atoms with E-state index in [-0.39, 0.29) is 0 Å². The molecule has 0 aliphatic carbocycles. The average Bonchev–Trinajstić information content (AvgIpc) is 1.97. The van der Waals surface area contributed by atoms with E-state index in [1.165, 1.54) is 13.0 Å². The van der Waals surface area contributed by atoms with E-state index in [9.17, 15) is 0 Å². The summed E-state index contributed by atoms with van der Waals surface area (Å²) in [6.07, 6.45) is 2.36. The highest BCUT2D eigenvalue weighted by Crippen LogP contribution is 1.95. The van der Waals surface area contributed by atoms with Crippen LogP contribution < -0.4 is 5.73 Å². The lowest BCUT2D eigenvalue weighted by Gasteiger charge is -2.20. The van der Waals surface area contributed by atoms with Gasteiger partial charge < -0.3 is 10.6 Å². The Labute approximate surface area is 70.8 Å². The highest BCUT2D eigenvalue weighted by atomic mass is 15.1. The summed E-state index contributed by atoms with van der Waals surface area (Å²) in [7, 11) is 0. The van der Waals surface area contributed by atoms with Gasteiger partial charge in [-0.25, -0.2) is 0 Å². The molecule has 0 aromatic heterocycles. The normalized spacial score (nSPS) is 13.9. The highest BCUT2D eigenvalue weighted by Gasteiger charge is 2.01. The lowest BCUT2D eigenvalue weighted by molar-refractivity contribution is 0.278. The lowest BCUT2D eigenvalue weighted by Crippen LogP contribution is -2.29. The monoisotopic (exact) mass is 158 g/mol. The van der Waals surface area contributed by atoms with Gasteiger partial charge in [-0.2, -0.15) is 0 Å². The summed E-state index contributed by atoms with van der Waals surface area (Å²) in [6.45, 7) is 10.0. The second kappa shape index (κ2) is 6.62. The van der Waals surface area contributed by atoms with E-state index < -0.39 is 0 Å². The minimum absolute atomic E-state index is 0.348. The molecule has 0 aromatic rings. The molecule has 0 aliphatic heterocycles. The van der Waals surface area contributed by atoms with Gasteiger partial charge in [-0.3, -0.25) is 0 Å². The molecule has 2 heteroatoms. The van der Waals surface area contributed by atoms with Gasteiger partial charge in [0.2, 0.25) is 0 Å². The number of nitrogens with zero attached hydrogens (tertiary/aromatic N) is 1. The fourth-order valence-electron chi connectivity index (χ4n) is 1.13. The van der Waals surface area contributed by atoms with Crippen molar-refractivity contribution in [3.05, 3.63) is 0 Å². The van der Waals surface area contributed by atoms with Crippen molar-refractivity contribution in [3.63, 3.8) is 0 Å². The summed E-state index contributed by atoms with van der Waals surface area (Å²) in [5.74, 6) is 0. The first-order chi connectivity index (χ1) is 5.20. The Bertz CT molecular complexity index is 81.6. The molecule has 0 saturated heterocycles. The molecule has 0 heterocycles. The number of hydrogen-bond donors (Lipinski definition) is 1. The van der Waals surface area contributed by atoms with E-state index in [1.54, 1.807) is 0 Å². The molecule has 0 fully saturated rings. The van der Waals surface area contributed by atoms with Crippen molar-refractivity contribution in [3.8, 4) is 0 Å². The summed E-state index contributed by atoms with van der Waals surface area (Å²) >= 11 is 0. The number of rotatable bonds is 6. The molecule has 0 aliphatic rings. The molecule has 1 atom stereocenters. The first-order valence-electron chi connectivity index (χ1n) is 4.68. The highest BCUT2D eigenvalue weighted by molar-refractivity contribution is 4.59. The van der Waals surface area contributed by atoms with Crippen LogP contribution in [0.3, 0.4) is 0 Å². The van der Waals surface area contributed by atoms with Crippen molar-refractivity contribution in [2.75, 3.05) is 19.6 Å². The van der Waals surface area contributed by atoms with Crippen molar-refractivity contribution < 1.29 is 0 Å². The van der Waals surface area contributed by atoms with Crippen molar-refractivity contribution in [1.82, 2.24) is 4.90 Å². The smallest absolute Gasteiger partial charge is 0.00226 e. The first kappa shape index (κ1) is 10.9. The molecule has 2 N–H and O–H groups in total. The van der Waals surface area contributed by atoms with Crippen LogP contribution in [0.2, 0.25) is 0 Å². The first-order valence-corrected chi connectivity index (χ1v) is 4.68. The maximum Gasteiger partial charge on any atom is 0.00226 e. The standard InChI is InChI=1S/C9H22N2/c1-4-7-11(5-2)8-6-9(3)10/h9H,4-8,10H2,1-3H3. The van der Waals surface area contributed by atoms with Gasteiger partial charge in [-0.15, -0.1) is 0 Å². The Morgan fingerprint density at radius 2 is 1.91 bits per heavy atom. The third kappa shape index (κ3) is 6.32. The van der Waals surface area contributed by atoms with Gasteiger partial charge in [-0.1, -0.05) is 13.8 Å². The molecule has 68 valence electrons. The van der Waals surface area contributed by atoms with E-state index >= 15 is 0 Å². The van der Waals surface area contributed by atoms with Gasteiger partial charge in [0.05, 0.1) is 0 Å². The molecule has 1 unspecified atom stereocenters. The van der Waals surface area contributed by atoms with Crippen LogP contribution in [-0.2, 0) is 0 Å². The third-order valence-electron chi connectivity index (χ3n) is 1.89. The van der Waals surface area contributed by atoms with Crippen LogP contribution in [0, 0.1) is 0 Å². The Morgan fingerprint density at radius 3 is 2.27 bits per heavy atom. The van der Waals surface area contributed by atoms with Gasteiger partial charge in [0.1, 0.15) is 0 Å². The van der Waals surface area contributed by atoms with Crippen LogP contribution in [-0.4, -0.2) is 30.6 Å². The molecule has 0 amide bonds. The van der Waals surface area contributed by atoms with Crippen LogP contribution >= 0.6 is 0 Å². The molecule has 0 spiro atoms. The van der Waals surface area contributed by atoms with E-state index in [2.05, 4.69) is 25.7 Å². The predicted molar refractivity (Wildman–Crippen MR) is 50.7 cm³/mol. The second-order valence-electron chi connectivity index (χ2n) is 3.20. The quantitative estimate of drug-likeness (QED) is 0.634. The second-order valence-corrected chi connectivity index (χ2v) is 3.20. The molecule has 0 aromatic carbocycles. The fourth-order valence-corrected chi connectivity index (χ4v) is 1.13. The van der Waals surface area contributed by atoms with Crippen molar-refractivity contribution >= 4 is 0 Å². The van der Waals surface area contributed by atoms with Crippen LogP contribution in [0.15, 0.2) is 0 Å². The van der Waals surface area contributed by atoms with Crippen molar-refractivity contribution in [1.29, 1.82) is 0 Å². The van der Waals surface area contributed by atoms with E-state index in [0.717, 1.165) is 19.5 Å². The van der Waals surface area contributed by atoms with Crippen molar-refractivity contribution in [2.24, 2.45) is 5.73 Å². The van der Waals surface area contributed by atoms with E-state index in [4.69, 9.17) is 5.73 Å². The zero-order valence-electron chi connectivity index (χ0n) is 8.14. The molecular formula is C9H22N2. The van der Waals surface area contributed by atoms with Crippen LogP contribution in [0.4, 0.5) is 0 Å². The van der Waals surface area contributed by atoms with Gasteiger partial charge in [0, 0.05) is 6.04 Å². The summed E-state index contributed by atoms with van der Waals surface area (Å²) in [5.41, 5.74) is 5.66. The summed E-state index contributed by atoms with van der Waals surface area (Å²) in [6, 6.07) is 0.348. The summed E-state index contributed by atoms with van der Waals surface area (Å²) in [4.78, 5) is 2.45. The van der Waals surface area contributed by atoms with Crippen LogP contribution in [0.1, 0.15) is 33.6 Å². The molecule has 0 saturated carbocycles. The molecule has 11 heavy (non-hydrogen) atoms. The van der Waals surface area contributed by atoms with Gasteiger partial charge in [0.15, 0.2) is 0 Å². The Kier molecular flexibility index (Phi) is 6.57.